The van der Waals surface area contributed by atoms with E-state index in [4.69, 9.17) is 33.3 Å². The first kappa shape index (κ1) is 23.9. The summed E-state index contributed by atoms with van der Waals surface area (Å²) in [5, 5.41) is 2.07. The third-order valence-corrected chi connectivity index (χ3v) is 6.83. The summed E-state index contributed by atoms with van der Waals surface area (Å²) in [5.41, 5.74) is 3.19. The minimum atomic E-state index is -0.176. The van der Waals surface area contributed by atoms with Gasteiger partial charge in [0.25, 0.3) is 5.91 Å². The highest BCUT2D eigenvalue weighted by molar-refractivity contribution is 7.80. The van der Waals surface area contributed by atoms with E-state index in [1.165, 1.54) is 4.90 Å². The first-order valence-corrected chi connectivity index (χ1v) is 12.2. The lowest BCUT2D eigenvalue weighted by Gasteiger charge is -2.16. The van der Waals surface area contributed by atoms with Crippen molar-refractivity contribution < 1.29 is 14.3 Å². The van der Waals surface area contributed by atoms with Gasteiger partial charge in [-0.2, -0.15) is 0 Å². The maximum absolute atomic E-state index is 13.4. The molecular formula is C28H24ClN3O3S. The molecule has 1 amide bonds. The number of para-hydroxylation sites is 1. The van der Waals surface area contributed by atoms with Crippen LogP contribution < -0.4 is 14.4 Å². The molecular weight excluding hydrogens is 494 g/mol. The van der Waals surface area contributed by atoms with Crippen molar-refractivity contribution in [2.24, 2.45) is 0 Å². The average Bonchev–Trinajstić information content (AvgIpc) is 3.35. The summed E-state index contributed by atoms with van der Waals surface area (Å²) in [7, 11) is 3.45. The molecule has 1 fully saturated rings. The van der Waals surface area contributed by atoms with Crippen molar-refractivity contribution in [3.63, 3.8) is 0 Å². The van der Waals surface area contributed by atoms with Crippen molar-refractivity contribution in [2.75, 3.05) is 25.7 Å². The molecule has 36 heavy (non-hydrogen) atoms. The Morgan fingerprint density at radius 1 is 0.972 bits per heavy atom. The normalized spacial score (nSPS) is 14.8. The minimum Gasteiger partial charge on any atom is -0.497 e. The number of ether oxygens (including phenoxy) is 2. The van der Waals surface area contributed by atoms with Crippen molar-refractivity contribution >= 4 is 57.5 Å². The highest BCUT2D eigenvalue weighted by atomic mass is 35.5. The molecule has 1 aromatic heterocycles. The zero-order chi connectivity index (χ0) is 25.2. The second-order valence-electron chi connectivity index (χ2n) is 8.31. The molecule has 8 heteroatoms. The Kier molecular flexibility index (Phi) is 6.67. The molecule has 1 aliphatic rings. The molecule has 4 aromatic rings. The summed E-state index contributed by atoms with van der Waals surface area (Å²) in [6.45, 7) is 1.14. The highest BCUT2D eigenvalue weighted by Crippen LogP contribution is 2.31. The fourth-order valence-corrected chi connectivity index (χ4v) is 4.64. The van der Waals surface area contributed by atoms with Crippen molar-refractivity contribution in [1.29, 1.82) is 0 Å². The van der Waals surface area contributed by atoms with Crippen molar-refractivity contribution in [3.8, 4) is 11.5 Å². The first-order chi connectivity index (χ1) is 17.5. The van der Waals surface area contributed by atoms with E-state index in [1.807, 2.05) is 55.7 Å². The highest BCUT2D eigenvalue weighted by Gasteiger charge is 2.37. The number of anilines is 1. The summed E-state index contributed by atoms with van der Waals surface area (Å²) >= 11 is 11.6. The van der Waals surface area contributed by atoms with Gasteiger partial charge in [0, 0.05) is 34.7 Å². The molecule has 0 unspecified atom stereocenters. The standard InChI is InChI=1S/C28H24ClN3O3S/c1-30-26(27(33)32(28(30)36)21-9-7-20(29)8-10-21)17-19-18-31(25-6-4-3-5-24(19)25)15-16-35-23-13-11-22(34-2)12-14-23/h3-14,17-18H,15-16H2,1-2H3/b26-17-. The average molecular weight is 518 g/mol. The number of halogens is 1. The monoisotopic (exact) mass is 517 g/mol. The number of rotatable bonds is 7. The summed E-state index contributed by atoms with van der Waals surface area (Å²) in [6, 6.07) is 22.7. The predicted molar refractivity (Wildman–Crippen MR) is 148 cm³/mol. The lowest BCUT2D eigenvalue weighted by atomic mass is 10.1. The minimum absolute atomic E-state index is 0.176. The van der Waals surface area contributed by atoms with Crippen molar-refractivity contribution in [3.05, 3.63) is 95.3 Å². The molecule has 1 saturated heterocycles. The fraction of sp³-hybridized carbons (Fsp3) is 0.143. The van der Waals surface area contributed by atoms with Gasteiger partial charge in [0.2, 0.25) is 0 Å². The van der Waals surface area contributed by atoms with Crippen LogP contribution in [0.15, 0.2) is 84.7 Å². The van der Waals surface area contributed by atoms with Crippen LogP contribution in [0.2, 0.25) is 5.02 Å². The number of amides is 1. The van der Waals surface area contributed by atoms with Gasteiger partial charge in [0.1, 0.15) is 23.8 Å². The second-order valence-corrected chi connectivity index (χ2v) is 9.11. The molecule has 1 aliphatic heterocycles. The quantitative estimate of drug-likeness (QED) is 0.223. The van der Waals surface area contributed by atoms with Crippen molar-refractivity contribution in [1.82, 2.24) is 9.47 Å². The molecule has 0 radical (unpaired) electrons. The third kappa shape index (κ3) is 4.55. The number of aromatic nitrogens is 1. The number of hydrogen-bond acceptors (Lipinski definition) is 4. The maximum Gasteiger partial charge on any atom is 0.281 e. The van der Waals surface area contributed by atoms with Gasteiger partial charge in [-0.05, 0) is 72.9 Å². The van der Waals surface area contributed by atoms with Crippen LogP contribution in [-0.4, -0.2) is 41.3 Å². The molecule has 0 atom stereocenters. The first-order valence-electron chi connectivity index (χ1n) is 11.4. The van der Waals surface area contributed by atoms with Gasteiger partial charge < -0.3 is 18.9 Å². The largest absolute Gasteiger partial charge is 0.497 e. The van der Waals surface area contributed by atoms with Gasteiger partial charge in [-0.25, -0.2) is 0 Å². The van der Waals surface area contributed by atoms with Crippen LogP contribution in [0, 0.1) is 0 Å². The van der Waals surface area contributed by atoms with Crippen LogP contribution in [-0.2, 0) is 11.3 Å². The van der Waals surface area contributed by atoms with Gasteiger partial charge >= 0.3 is 0 Å². The molecule has 0 N–H and O–H groups in total. The SMILES string of the molecule is COc1ccc(OCCn2cc(/C=C3/C(=O)N(c4ccc(Cl)cc4)C(=S)N3C)c3ccccc32)cc1. The molecule has 0 aliphatic carbocycles. The van der Waals surface area contributed by atoms with E-state index in [1.54, 1.807) is 36.3 Å². The third-order valence-electron chi connectivity index (χ3n) is 6.12. The Bertz CT molecular complexity index is 1460. The molecule has 6 nitrogen and oxygen atoms in total. The zero-order valence-corrected chi connectivity index (χ0v) is 21.4. The number of nitrogens with zero attached hydrogens (tertiary/aromatic N) is 3. The Hall–Kier alpha value is -3.81. The smallest absolute Gasteiger partial charge is 0.281 e. The lowest BCUT2D eigenvalue weighted by Crippen LogP contribution is -2.31. The van der Waals surface area contributed by atoms with Crippen LogP contribution >= 0.6 is 23.8 Å². The summed E-state index contributed by atoms with van der Waals surface area (Å²) in [4.78, 5) is 16.7. The van der Waals surface area contributed by atoms with E-state index in [9.17, 15) is 4.79 Å². The van der Waals surface area contributed by atoms with Gasteiger partial charge in [0.15, 0.2) is 5.11 Å². The van der Waals surface area contributed by atoms with Gasteiger partial charge in [-0.3, -0.25) is 9.69 Å². The Labute approximate surface area is 219 Å². The number of likely N-dealkylation sites (N-methyl/N-ethyl adjacent to an activating group) is 1. The molecule has 3 aromatic carbocycles. The van der Waals surface area contributed by atoms with E-state index in [0.717, 1.165) is 28.0 Å². The Morgan fingerprint density at radius 3 is 2.39 bits per heavy atom. The van der Waals surface area contributed by atoms with Crippen LogP contribution in [0.4, 0.5) is 5.69 Å². The van der Waals surface area contributed by atoms with Crippen molar-refractivity contribution in [2.45, 2.75) is 6.54 Å². The van der Waals surface area contributed by atoms with Crippen LogP contribution in [0.1, 0.15) is 5.56 Å². The number of carbonyl (C=O) groups is 1. The van der Waals surface area contributed by atoms with E-state index in [0.29, 0.717) is 34.7 Å². The molecule has 2 heterocycles. The molecule has 0 saturated carbocycles. The molecule has 0 spiro atoms. The van der Waals surface area contributed by atoms with E-state index in [-0.39, 0.29) is 5.91 Å². The number of hydrogen-bond donors (Lipinski definition) is 0. The Morgan fingerprint density at radius 2 is 1.67 bits per heavy atom. The molecule has 5 rings (SSSR count). The molecule has 0 bridgehead atoms. The predicted octanol–water partition coefficient (Wildman–Crippen LogP) is 5.99. The number of methoxy groups -OCH3 is 1. The summed E-state index contributed by atoms with van der Waals surface area (Å²) in [6.07, 6.45) is 3.94. The lowest BCUT2D eigenvalue weighted by molar-refractivity contribution is -0.114. The maximum atomic E-state index is 13.4. The van der Waals surface area contributed by atoms with Gasteiger partial charge in [-0.1, -0.05) is 29.8 Å². The van der Waals surface area contributed by atoms with Gasteiger partial charge in [-0.15, -0.1) is 0 Å². The zero-order valence-electron chi connectivity index (χ0n) is 19.8. The van der Waals surface area contributed by atoms with E-state index >= 15 is 0 Å². The number of benzene rings is 3. The second kappa shape index (κ2) is 10.0. The summed E-state index contributed by atoms with van der Waals surface area (Å²) < 4.78 is 13.3. The van der Waals surface area contributed by atoms with E-state index in [2.05, 4.69) is 16.7 Å². The van der Waals surface area contributed by atoms with Crippen LogP contribution in [0.5, 0.6) is 11.5 Å². The number of thiocarbonyl (C=S) groups is 1. The molecule has 182 valence electrons. The van der Waals surface area contributed by atoms with Crippen LogP contribution in [0.3, 0.4) is 0 Å². The fourth-order valence-electron chi connectivity index (χ4n) is 4.23. The summed E-state index contributed by atoms with van der Waals surface area (Å²) in [5.74, 6) is 1.39. The Balaban J connectivity index is 1.40. The van der Waals surface area contributed by atoms with Gasteiger partial charge in [0.05, 0.1) is 19.3 Å². The number of fused-ring (bicyclic) bond motifs is 1. The number of carbonyl (C=O) groups excluding carboxylic acids is 1. The topological polar surface area (TPSA) is 46.9 Å². The van der Waals surface area contributed by atoms with E-state index < -0.39 is 0 Å². The van der Waals surface area contributed by atoms with Crippen LogP contribution in [0.25, 0.3) is 17.0 Å².